The van der Waals surface area contributed by atoms with E-state index < -0.39 is 11.9 Å². The first-order valence-corrected chi connectivity index (χ1v) is 10.5. The predicted molar refractivity (Wildman–Crippen MR) is 104 cm³/mol. The van der Waals surface area contributed by atoms with E-state index in [1.54, 1.807) is 0 Å². The lowest BCUT2D eigenvalue weighted by molar-refractivity contribution is -0.159. The van der Waals surface area contributed by atoms with Crippen molar-refractivity contribution < 1.29 is 19.8 Å². The van der Waals surface area contributed by atoms with Crippen LogP contribution >= 0.6 is 0 Å². The smallest absolute Gasteiger partial charge is 0.414 e. The Morgan fingerprint density at radius 3 is 2.15 bits per heavy atom. The Morgan fingerprint density at radius 2 is 1.63 bits per heavy atom. The lowest BCUT2D eigenvalue weighted by Gasteiger charge is -2.44. The van der Waals surface area contributed by atoms with Crippen LogP contribution in [0.3, 0.4) is 0 Å². The van der Waals surface area contributed by atoms with Crippen LogP contribution in [0, 0.1) is 23.7 Å². The zero-order chi connectivity index (χ0) is 19.4. The van der Waals surface area contributed by atoms with Crippen LogP contribution in [-0.2, 0) is 9.59 Å². The number of hydrogen-bond acceptors (Lipinski definition) is 4. The van der Waals surface area contributed by atoms with Gasteiger partial charge >= 0.3 is 11.9 Å². The molecule has 1 aliphatic heterocycles. The van der Waals surface area contributed by atoms with Gasteiger partial charge in [-0.3, -0.25) is 4.90 Å². The molecule has 1 heterocycles. The van der Waals surface area contributed by atoms with Crippen LogP contribution in [0.1, 0.15) is 45.4 Å². The van der Waals surface area contributed by atoms with Crippen LogP contribution in [0.15, 0.2) is 12.2 Å². The van der Waals surface area contributed by atoms with Gasteiger partial charge in [0.15, 0.2) is 0 Å². The second-order valence-corrected chi connectivity index (χ2v) is 8.82. The Hall–Kier alpha value is -1.40. The molecule has 4 aliphatic rings. The molecule has 3 fully saturated rings. The van der Waals surface area contributed by atoms with Crippen molar-refractivity contribution in [1.82, 2.24) is 9.80 Å². The van der Waals surface area contributed by atoms with E-state index in [1.807, 2.05) is 0 Å². The average molecular weight is 379 g/mol. The molecular formula is C21H34N2O4. The van der Waals surface area contributed by atoms with Crippen molar-refractivity contribution in [3.63, 3.8) is 0 Å². The summed E-state index contributed by atoms with van der Waals surface area (Å²) in [5, 5.41) is 14.8. The van der Waals surface area contributed by atoms with Crippen LogP contribution in [-0.4, -0.2) is 70.7 Å². The lowest BCUT2D eigenvalue weighted by atomic mass is 9.84. The number of carboxylic acids is 2. The summed E-state index contributed by atoms with van der Waals surface area (Å²) in [6.45, 7) is 9.15. The van der Waals surface area contributed by atoms with E-state index >= 15 is 0 Å². The molecule has 0 radical (unpaired) electrons. The molecule has 0 aromatic heterocycles. The van der Waals surface area contributed by atoms with Gasteiger partial charge in [-0.15, -0.1) is 0 Å². The normalized spacial score (nSPS) is 36.3. The predicted octanol–water partition coefficient (Wildman–Crippen LogP) is 2.55. The number of carboxylic acid groups (broad SMARTS) is 2. The Kier molecular flexibility index (Phi) is 6.93. The van der Waals surface area contributed by atoms with E-state index in [1.165, 1.54) is 71.2 Å². The summed E-state index contributed by atoms with van der Waals surface area (Å²) in [4.78, 5) is 23.8. The van der Waals surface area contributed by atoms with Crippen molar-refractivity contribution in [2.24, 2.45) is 23.7 Å². The topological polar surface area (TPSA) is 81.1 Å². The zero-order valence-electron chi connectivity index (χ0n) is 16.4. The molecular weight excluding hydrogens is 344 g/mol. The van der Waals surface area contributed by atoms with Crippen LogP contribution < -0.4 is 0 Å². The van der Waals surface area contributed by atoms with Crippen molar-refractivity contribution in [2.75, 3.05) is 32.7 Å². The third kappa shape index (κ3) is 5.32. The van der Waals surface area contributed by atoms with Gasteiger partial charge in [-0.2, -0.15) is 0 Å². The van der Waals surface area contributed by atoms with Crippen molar-refractivity contribution in [1.29, 1.82) is 0 Å². The van der Waals surface area contributed by atoms with Gasteiger partial charge in [-0.05, 0) is 49.4 Å². The highest BCUT2D eigenvalue weighted by atomic mass is 16.4. The second kappa shape index (κ2) is 9.20. The Bertz CT molecular complexity index is 544. The molecule has 0 aromatic carbocycles. The summed E-state index contributed by atoms with van der Waals surface area (Å²) < 4.78 is 0. The van der Waals surface area contributed by atoms with Crippen molar-refractivity contribution in [3.05, 3.63) is 12.2 Å². The van der Waals surface area contributed by atoms with Gasteiger partial charge in [-0.1, -0.05) is 31.9 Å². The van der Waals surface area contributed by atoms with Gasteiger partial charge in [0.05, 0.1) is 0 Å². The minimum Gasteiger partial charge on any atom is -0.473 e. The van der Waals surface area contributed by atoms with E-state index in [9.17, 15) is 0 Å². The number of carbonyl (C=O) groups is 2. The molecule has 2 N–H and O–H groups in total. The fraction of sp³-hybridized carbons (Fsp3) is 0.810. The Labute approximate surface area is 162 Å². The summed E-state index contributed by atoms with van der Waals surface area (Å²) in [5.41, 5.74) is 0. The molecule has 6 heteroatoms. The van der Waals surface area contributed by atoms with E-state index in [0.717, 1.165) is 29.7 Å². The number of allylic oxidation sites excluding steroid dienone is 2. The monoisotopic (exact) mass is 378 g/mol. The second-order valence-electron chi connectivity index (χ2n) is 8.82. The summed E-state index contributed by atoms with van der Waals surface area (Å²) in [7, 11) is 0. The van der Waals surface area contributed by atoms with Crippen molar-refractivity contribution in [2.45, 2.75) is 51.5 Å². The molecule has 0 amide bonds. The number of rotatable bonds is 3. The van der Waals surface area contributed by atoms with Crippen molar-refractivity contribution in [3.8, 4) is 0 Å². The van der Waals surface area contributed by atoms with Gasteiger partial charge in [0.25, 0.3) is 0 Å². The van der Waals surface area contributed by atoms with Crippen LogP contribution in [0.25, 0.3) is 0 Å². The molecule has 27 heavy (non-hydrogen) atoms. The molecule has 4 rings (SSSR count). The molecule has 5 unspecified atom stereocenters. The summed E-state index contributed by atoms with van der Waals surface area (Å²) in [6.07, 6.45) is 13.8. The highest BCUT2D eigenvalue weighted by molar-refractivity contribution is 6.27. The fourth-order valence-corrected chi connectivity index (χ4v) is 5.55. The van der Waals surface area contributed by atoms with Crippen LogP contribution in [0.5, 0.6) is 0 Å². The average Bonchev–Trinajstić information content (AvgIpc) is 3.26. The third-order valence-electron chi connectivity index (χ3n) is 7.03. The molecule has 6 nitrogen and oxygen atoms in total. The summed E-state index contributed by atoms with van der Waals surface area (Å²) in [5.74, 6) is 0.113. The Morgan fingerprint density at radius 1 is 0.963 bits per heavy atom. The lowest BCUT2D eigenvalue weighted by Crippen LogP contribution is -2.53. The third-order valence-corrected chi connectivity index (χ3v) is 7.03. The molecule has 0 aromatic rings. The van der Waals surface area contributed by atoms with E-state index in [-0.39, 0.29) is 0 Å². The van der Waals surface area contributed by atoms with Gasteiger partial charge in [0.2, 0.25) is 0 Å². The zero-order valence-corrected chi connectivity index (χ0v) is 16.4. The van der Waals surface area contributed by atoms with Gasteiger partial charge in [0, 0.05) is 38.8 Å². The van der Waals surface area contributed by atoms with Crippen LogP contribution in [0.4, 0.5) is 0 Å². The number of nitrogens with zero attached hydrogens (tertiary/aromatic N) is 2. The van der Waals surface area contributed by atoms with E-state index in [0.29, 0.717) is 0 Å². The molecule has 2 bridgehead atoms. The quantitative estimate of drug-likeness (QED) is 0.580. The van der Waals surface area contributed by atoms with E-state index in [2.05, 4.69) is 28.9 Å². The maximum Gasteiger partial charge on any atom is 0.414 e. The molecule has 3 aliphatic carbocycles. The number of aliphatic carboxylic acids is 2. The standard InChI is InChI=1S/C19H32N2.C2H2O4/c1-15-4-2-3-5-19(15)21-10-8-20(9-11-21)14-18-13-16-6-7-17(18)12-16;3-1(4)2(5)6/h6-7,15-19H,2-5,8-14H2,1H3;(H,3,4)(H,5,6). The number of piperazine rings is 1. The molecule has 5 atom stereocenters. The van der Waals surface area contributed by atoms with E-state index in [4.69, 9.17) is 19.8 Å². The Balaban J connectivity index is 0.000000307. The minimum atomic E-state index is -1.82. The molecule has 2 saturated carbocycles. The first-order chi connectivity index (χ1) is 12.9. The van der Waals surface area contributed by atoms with Crippen molar-refractivity contribution >= 4 is 11.9 Å². The first-order valence-electron chi connectivity index (χ1n) is 10.5. The number of fused-ring (bicyclic) bond motifs is 2. The maximum absolute atomic E-state index is 9.10. The van der Waals surface area contributed by atoms with Crippen LogP contribution in [0.2, 0.25) is 0 Å². The first kappa shape index (κ1) is 20.3. The highest BCUT2D eigenvalue weighted by Gasteiger charge is 2.37. The maximum atomic E-state index is 9.10. The molecule has 1 saturated heterocycles. The van der Waals surface area contributed by atoms with Gasteiger partial charge in [0.1, 0.15) is 0 Å². The van der Waals surface area contributed by atoms with Gasteiger partial charge < -0.3 is 15.1 Å². The molecule has 152 valence electrons. The molecule has 0 spiro atoms. The minimum absolute atomic E-state index is 0.895. The van der Waals surface area contributed by atoms with Gasteiger partial charge in [-0.25, -0.2) is 9.59 Å². The largest absolute Gasteiger partial charge is 0.473 e. The summed E-state index contributed by atoms with van der Waals surface area (Å²) >= 11 is 0. The highest BCUT2D eigenvalue weighted by Crippen LogP contribution is 2.43. The SMILES string of the molecule is CC1CCCCC1N1CCN(CC2CC3C=CC2C3)CC1.O=C(O)C(=O)O. The number of hydrogen-bond donors (Lipinski definition) is 2. The summed E-state index contributed by atoms with van der Waals surface area (Å²) in [6, 6.07) is 0.895. The fourth-order valence-electron chi connectivity index (χ4n) is 5.55.